The number of ether oxygens (including phenoxy) is 1. The van der Waals surface area contributed by atoms with E-state index in [0.29, 0.717) is 11.6 Å². The molecule has 0 saturated carbocycles. The van der Waals surface area contributed by atoms with Gasteiger partial charge in [0.15, 0.2) is 12.4 Å². The van der Waals surface area contributed by atoms with Gasteiger partial charge in [-0.05, 0) is 30.3 Å². The van der Waals surface area contributed by atoms with Crippen molar-refractivity contribution in [1.29, 1.82) is 0 Å². The number of ketones is 1. The van der Waals surface area contributed by atoms with Gasteiger partial charge in [-0.3, -0.25) is 29.8 Å². The molecule has 0 aliphatic heterocycles. The Morgan fingerprint density at radius 1 is 0.818 bits per heavy atom. The van der Waals surface area contributed by atoms with Gasteiger partial charge < -0.3 is 10.1 Å². The first kappa shape index (κ1) is 22.7. The SMILES string of the molecule is O=C(COC(=O)c1ccc(NC(=O)c2ccc([N+](=O)[O-])cc2[N+](=O)[O-])cc1)c1ccccc1. The molecule has 0 atom stereocenters. The van der Waals surface area contributed by atoms with Gasteiger partial charge in [-0.2, -0.15) is 0 Å². The maximum absolute atomic E-state index is 12.4. The lowest BCUT2D eigenvalue weighted by atomic mass is 10.1. The number of anilines is 1. The third-order valence-corrected chi connectivity index (χ3v) is 4.44. The van der Waals surface area contributed by atoms with Crippen molar-refractivity contribution in [3.05, 3.63) is 110 Å². The van der Waals surface area contributed by atoms with Crippen LogP contribution in [0.5, 0.6) is 0 Å². The largest absolute Gasteiger partial charge is 0.454 e. The molecule has 0 heterocycles. The molecule has 0 fully saturated rings. The van der Waals surface area contributed by atoms with Crippen molar-refractivity contribution in [1.82, 2.24) is 0 Å². The molecule has 0 radical (unpaired) electrons. The number of Topliss-reactive ketones (excluding diaryl/α,β-unsaturated/α-hetero) is 1. The molecule has 3 rings (SSSR count). The monoisotopic (exact) mass is 449 g/mol. The van der Waals surface area contributed by atoms with Crippen molar-refractivity contribution in [3.8, 4) is 0 Å². The van der Waals surface area contributed by atoms with Gasteiger partial charge in [-0.1, -0.05) is 30.3 Å². The van der Waals surface area contributed by atoms with Gasteiger partial charge in [0.2, 0.25) is 0 Å². The van der Waals surface area contributed by atoms with E-state index in [-0.39, 0.29) is 22.6 Å². The molecular weight excluding hydrogens is 434 g/mol. The van der Waals surface area contributed by atoms with Crippen molar-refractivity contribution in [2.24, 2.45) is 0 Å². The first-order chi connectivity index (χ1) is 15.8. The van der Waals surface area contributed by atoms with Gasteiger partial charge in [0.05, 0.1) is 21.5 Å². The first-order valence-corrected chi connectivity index (χ1v) is 9.36. The van der Waals surface area contributed by atoms with Crippen LogP contribution < -0.4 is 5.32 Å². The predicted octanol–water partition coefficient (Wildman–Crippen LogP) is 3.80. The van der Waals surface area contributed by atoms with E-state index in [1.54, 1.807) is 30.3 Å². The minimum Gasteiger partial charge on any atom is -0.454 e. The number of nitrogens with zero attached hydrogens (tertiary/aromatic N) is 2. The zero-order chi connectivity index (χ0) is 24.0. The van der Waals surface area contributed by atoms with E-state index in [1.807, 2.05) is 0 Å². The molecule has 0 aromatic heterocycles. The molecule has 1 amide bonds. The second kappa shape index (κ2) is 9.92. The Kier molecular flexibility index (Phi) is 6.84. The molecule has 11 heteroatoms. The normalized spacial score (nSPS) is 10.2. The number of hydrogen-bond acceptors (Lipinski definition) is 8. The van der Waals surface area contributed by atoms with E-state index in [9.17, 15) is 34.6 Å². The molecular formula is C22H15N3O8. The molecule has 3 aromatic rings. The minimum absolute atomic E-state index is 0.121. The summed E-state index contributed by atoms with van der Waals surface area (Å²) in [5.41, 5.74) is -0.867. The van der Waals surface area contributed by atoms with E-state index < -0.39 is 39.7 Å². The molecule has 11 nitrogen and oxygen atoms in total. The standard InChI is InChI=1S/C22H15N3O8/c26-20(14-4-2-1-3-5-14)13-33-22(28)15-6-8-16(9-7-15)23-21(27)18-11-10-17(24(29)30)12-19(18)25(31)32/h1-12H,13H2,(H,23,27). The summed E-state index contributed by atoms with van der Waals surface area (Å²) in [6.07, 6.45) is 0. The van der Waals surface area contributed by atoms with E-state index in [2.05, 4.69) is 5.32 Å². The van der Waals surface area contributed by atoms with Crippen LogP contribution in [0.3, 0.4) is 0 Å². The van der Waals surface area contributed by atoms with Crippen molar-refractivity contribution < 1.29 is 29.0 Å². The summed E-state index contributed by atoms with van der Waals surface area (Å²) < 4.78 is 5.00. The third kappa shape index (κ3) is 5.61. The van der Waals surface area contributed by atoms with Crippen LogP contribution in [0.4, 0.5) is 17.1 Å². The minimum atomic E-state index is -0.891. The number of esters is 1. The molecule has 33 heavy (non-hydrogen) atoms. The van der Waals surface area contributed by atoms with Crippen LogP contribution in [0.1, 0.15) is 31.1 Å². The number of benzene rings is 3. The van der Waals surface area contributed by atoms with E-state index in [0.717, 1.165) is 12.1 Å². The molecule has 0 saturated heterocycles. The average molecular weight is 449 g/mol. The molecule has 1 N–H and O–H groups in total. The fourth-order valence-electron chi connectivity index (χ4n) is 2.79. The summed E-state index contributed by atoms with van der Waals surface area (Å²) in [5.74, 6) is -1.97. The van der Waals surface area contributed by atoms with E-state index in [4.69, 9.17) is 4.74 Å². The summed E-state index contributed by atoms with van der Waals surface area (Å²) in [5, 5.41) is 24.4. The summed E-state index contributed by atoms with van der Waals surface area (Å²) in [4.78, 5) is 56.9. The summed E-state index contributed by atoms with van der Waals surface area (Å²) >= 11 is 0. The van der Waals surface area contributed by atoms with Crippen LogP contribution in [0.15, 0.2) is 72.8 Å². The molecule has 3 aromatic carbocycles. The smallest absolute Gasteiger partial charge is 0.338 e. The van der Waals surface area contributed by atoms with Crippen molar-refractivity contribution >= 4 is 34.7 Å². The van der Waals surface area contributed by atoms with E-state index >= 15 is 0 Å². The maximum atomic E-state index is 12.4. The zero-order valence-electron chi connectivity index (χ0n) is 16.8. The van der Waals surface area contributed by atoms with Crippen molar-refractivity contribution in [2.75, 3.05) is 11.9 Å². The number of carbonyl (C=O) groups is 3. The lowest BCUT2D eigenvalue weighted by Crippen LogP contribution is -2.15. The highest BCUT2D eigenvalue weighted by molar-refractivity contribution is 6.07. The highest BCUT2D eigenvalue weighted by Gasteiger charge is 2.24. The van der Waals surface area contributed by atoms with Crippen molar-refractivity contribution in [3.63, 3.8) is 0 Å². The Hall–Kier alpha value is -4.93. The zero-order valence-corrected chi connectivity index (χ0v) is 16.8. The summed E-state index contributed by atoms with van der Waals surface area (Å²) in [6, 6.07) is 16.4. The fourth-order valence-corrected chi connectivity index (χ4v) is 2.79. The van der Waals surface area contributed by atoms with Gasteiger partial charge in [0.1, 0.15) is 5.56 Å². The van der Waals surface area contributed by atoms with Crippen LogP contribution in [0, 0.1) is 20.2 Å². The second-order valence-corrected chi connectivity index (χ2v) is 6.61. The number of nitrogens with one attached hydrogen (secondary N) is 1. The van der Waals surface area contributed by atoms with Crippen LogP contribution in [0.25, 0.3) is 0 Å². The van der Waals surface area contributed by atoms with Crippen LogP contribution in [-0.2, 0) is 4.74 Å². The maximum Gasteiger partial charge on any atom is 0.338 e. The highest BCUT2D eigenvalue weighted by Crippen LogP contribution is 2.25. The van der Waals surface area contributed by atoms with E-state index in [1.165, 1.54) is 24.3 Å². The topological polar surface area (TPSA) is 159 Å². The second-order valence-electron chi connectivity index (χ2n) is 6.61. The summed E-state index contributed by atoms with van der Waals surface area (Å²) in [7, 11) is 0. The predicted molar refractivity (Wildman–Crippen MR) is 115 cm³/mol. The Morgan fingerprint density at radius 2 is 1.48 bits per heavy atom. The number of amides is 1. The number of rotatable bonds is 8. The number of nitro groups is 2. The van der Waals surface area contributed by atoms with Crippen LogP contribution in [0.2, 0.25) is 0 Å². The molecule has 166 valence electrons. The molecule has 0 aliphatic carbocycles. The Morgan fingerprint density at radius 3 is 2.09 bits per heavy atom. The van der Waals surface area contributed by atoms with Crippen molar-refractivity contribution in [2.45, 2.75) is 0 Å². The summed E-state index contributed by atoms with van der Waals surface area (Å²) in [6.45, 7) is -0.439. The van der Waals surface area contributed by atoms with Gasteiger partial charge in [0.25, 0.3) is 17.3 Å². The van der Waals surface area contributed by atoms with Gasteiger partial charge in [0, 0.05) is 17.3 Å². The highest BCUT2D eigenvalue weighted by atomic mass is 16.6. The quantitative estimate of drug-likeness (QED) is 0.235. The molecule has 0 bridgehead atoms. The fraction of sp³-hybridized carbons (Fsp3) is 0.0455. The number of carbonyl (C=O) groups excluding carboxylic acids is 3. The molecule has 0 unspecified atom stereocenters. The number of hydrogen-bond donors (Lipinski definition) is 1. The van der Waals surface area contributed by atoms with Crippen LogP contribution in [-0.4, -0.2) is 34.1 Å². The molecule has 0 aliphatic rings. The lowest BCUT2D eigenvalue weighted by molar-refractivity contribution is -0.394. The number of non-ortho nitro benzene ring substituents is 1. The Balaban J connectivity index is 1.65. The van der Waals surface area contributed by atoms with Gasteiger partial charge >= 0.3 is 5.97 Å². The average Bonchev–Trinajstić information content (AvgIpc) is 2.82. The number of nitro benzene ring substituents is 2. The van der Waals surface area contributed by atoms with Gasteiger partial charge in [-0.25, -0.2) is 4.79 Å². The first-order valence-electron chi connectivity index (χ1n) is 9.36. The van der Waals surface area contributed by atoms with Crippen LogP contribution >= 0.6 is 0 Å². The lowest BCUT2D eigenvalue weighted by Gasteiger charge is -2.08. The Labute approximate surface area is 185 Å². The third-order valence-electron chi connectivity index (χ3n) is 4.44. The Bertz CT molecular complexity index is 1240. The molecule has 0 spiro atoms. The van der Waals surface area contributed by atoms with Gasteiger partial charge in [-0.15, -0.1) is 0 Å².